The molecule has 1 aliphatic rings. The van der Waals surface area contributed by atoms with Gasteiger partial charge in [-0.1, -0.05) is 53.6 Å². The molecule has 14 nitrogen and oxygen atoms in total. The van der Waals surface area contributed by atoms with Crippen molar-refractivity contribution in [2.45, 2.75) is 42.3 Å². The zero-order valence-corrected chi connectivity index (χ0v) is 30.3. The number of nitrogens with zero attached hydrogens (tertiary/aromatic N) is 4. The Morgan fingerprint density at radius 2 is 1.74 bits per heavy atom. The molecule has 0 radical (unpaired) electrons. The zero-order chi connectivity index (χ0) is 37.7. The van der Waals surface area contributed by atoms with Crippen molar-refractivity contribution in [2.75, 3.05) is 39.7 Å². The number of benzene rings is 4. The number of aliphatic imine (C=N–C) groups is 1. The van der Waals surface area contributed by atoms with Crippen molar-refractivity contribution in [3.8, 4) is 17.2 Å². The Kier molecular flexibility index (Phi) is 13.3. The number of ether oxygens (including phenoxy) is 4. The molecule has 0 spiro atoms. The van der Waals surface area contributed by atoms with Gasteiger partial charge < -0.3 is 24.1 Å². The minimum Gasteiger partial charge on any atom is -0.494 e. The van der Waals surface area contributed by atoms with Crippen LogP contribution in [0.4, 0.5) is 0 Å². The summed E-state index contributed by atoms with van der Waals surface area (Å²) in [5.74, 6) is 0.806. The number of methoxy groups -OCH3 is 2. The number of carbonyl (C=O) groups is 1. The molecule has 2 atom stereocenters. The maximum Gasteiger partial charge on any atom is 0.266 e. The molecular formula is C38H42N6O8S. The van der Waals surface area contributed by atoms with E-state index in [4.69, 9.17) is 34.6 Å². The van der Waals surface area contributed by atoms with E-state index >= 15 is 0 Å². The van der Waals surface area contributed by atoms with E-state index in [9.17, 15) is 13.2 Å². The first kappa shape index (κ1) is 38.6. The van der Waals surface area contributed by atoms with Gasteiger partial charge in [-0.3, -0.25) is 10.2 Å². The van der Waals surface area contributed by atoms with Crippen LogP contribution in [-0.2, 0) is 32.3 Å². The van der Waals surface area contributed by atoms with Crippen LogP contribution in [-0.4, -0.2) is 70.6 Å². The van der Waals surface area contributed by atoms with Crippen LogP contribution in [0, 0.1) is 0 Å². The average Bonchev–Trinajstić information content (AvgIpc) is 3.59. The quantitative estimate of drug-likeness (QED) is 0.0378. The van der Waals surface area contributed by atoms with Crippen molar-refractivity contribution in [1.29, 1.82) is 0 Å². The molecule has 4 aromatic rings. The highest BCUT2D eigenvalue weighted by atomic mass is 32.2. The highest BCUT2D eigenvalue weighted by Gasteiger charge is 2.54. The first-order chi connectivity index (χ1) is 25.7. The molecule has 4 aromatic carbocycles. The lowest BCUT2D eigenvalue weighted by atomic mass is 9.83. The largest absolute Gasteiger partial charge is 0.494 e. The predicted octanol–water partition coefficient (Wildman–Crippen LogP) is 5.26. The van der Waals surface area contributed by atoms with Gasteiger partial charge in [0.05, 0.1) is 38.0 Å². The monoisotopic (exact) mass is 742 g/mol. The number of hydrogen-bond donors (Lipinski definition) is 3. The Morgan fingerprint density at radius 1 is 1.00 bits per heavy atom. The standard InChI is InChI=1S/C38H42N6O8S/c1-49-33-18-13-27(25-34(33)50-2)19-21-40-43-37(46)38(20-24-53(47,48)31-10-4-3-5-11-31)35(32-12-7-6-9-29(32)26-41-44-39)52-36(42-38)28-14-16-30(17-15-28)51-23-8-22-45/h3-7,9-18,25,35,40,45H,8,19-24,26H2,1-2H3,(H,43,46)/t35-,38-/m0/s1. The van der Waals surface area contributed by atoms with E-state index in [1.165, 1.54) is 12.1 Å². The fraction of sp³-hybridized carbons (Fsp3) is 0.316. The Bertz CT molecular complexity index is 2040. The molecule has 53 heavy (non-hydrogen) atoms. The molecule has 0 saturated heterocycles. The number of hydrazine groups is 1. The van der Waals surface area contributed by atoms with Crippen molar-refractivity contribution in [2.24, 2.45) is 10.1 Å². The SMILES string of the molecule is COc1ccc(CCNNC(=O)[C@@]2(CCS(=O)(=O)c3ccccc3)N=C(c3ccc(OCCCO)cc3)O[C@H]2c2ccccc2CN=[N+]=[N-])cc1OC. The highest BCUT2D eigenvalue weighted by Crippen LogP contribution is 2.44. The van der Waals surface area contributed by atoms with E-state index in [0.29, 0.717) is 59.9 Å². The summed E-state index contributed by atoms with van der Waals surface area (Å²) >= 11 is 0. The van der Waals surface area contributed by atoms with Crippen molar-refractivity contribution < 1.29 is 37.3 Å². The minimum absolute atomic E-state index is 0.000493. The van der Waals surface area contributed by atoms with Gasteiger partial charge in [0.15, 0.2) is 33.0 Å². The summed E-state index contributed by atoms with van der Waals surface area (Å²) in [4.78, 5) is 22.5. The molecule has 0 unspecified atom stereocenters. The lowest BCUT2D eigenvalue weighted by molar-refractivity contribution is -0.130. The van der Waals surface area contributed by atoms with Crippen LogP contribution in [0.1, 0.15) is 41.2 Å². The highest BCUT2D eigenvalue weighted by molar-refractivity contribution is 7.91. The van der Waals surface area contributed by atoms with Gasteiger partial charge in [-0.2, -0.15) is 0 Å². The van der Waals surface area contributed by atoms with Crippen molar-refractivity contribution >= 4 is 21.6 Å². The van der Waals surface area contributed by atoms with Gasteiger partial charge >= 0.3 is 0 Å². The van der Waals surface area contributed by atoms with E-state index in [1.807, 2.05) is 12.1 Å². The van der Waals surface area contributed by atoms with E-state index in [-0.39, 0.29) is 30.4 Å². The second kappa shape index (κ2) is 18.2. The minimum atomic E-state index is -3.87. The van der Waals surface area contributed by atoms with Crippen LogP contribution >= 0.6 is 0 Å². The maximum absolute atomic E-state index is 14.6. The summed E-state index contributed by atoms with van der Waals surface area (Å²) in [6, 6.07) is 27.5. The number of azide groups is 1. The third-order valence-electron chi connectivity index (χ3n) is 8.71. The number of nitrogens with one attached hydrogen (secondary N) is 2. The number of amides is 1. The van der Waals surface area contributed by atoms with E-state index in [1.54, 1.807) is 87.0 Å². The molecule has 0 saturated carbocycles. The maximum atomic E-state index is 14.6. The van der Waals surface area contributed by atoms with Crippen LogP contribution in [0.2, 0.25) is 0 Å². The summed E-state index contributed by atoms with van der Waals surface area (Å²) in [7, 11) is -0.757. The molecule has 0 aromatic heterocycles. The second-order valence-electron chi connectivity index (χ2n) is 12.1. The average molecular weight is 743 g/mol. The third-order valence-corrected chi connectivity index (χ3v) is 10.4. The molecular weight excluding hydrogens is 701 g/mol. The van der Waals surface area contributed by atoms with Crippen LogP contribution in [0.15, 0.2) is 112 Å². The predicted molar refractivity (Wildman–Crippen MR) is 199 cm³/mol. The lowest BCUT2D eigenvalue weighted by Gasteiger charge is -2.31. The van der Waals surface area contributed by atoms with E-state index in [2.05, 4.69) is 20.9 Å². The molecule has 3 N–H and O–H groups in total. The van der Waals surface area contributed by atoms with Crippen LogP contribution in [0.3, 0.4) is 0 Å². The number of aliphatic hydroxyl groups excluding tert-OH is 1. The number of carbonyl (C=O) groups excluding carboxylic acids is 1. The van der Waals surface area contributed by atoms with E-state index in [0.717, 1.165) is 5.56 Å². The summed E-state index contributed by atoms with van der Waals surface area (Å²) in [5, 5.41) is 12.9. The topological polar surface area (TPSA) is 194 Å². The molecule has 1 aliphatic heterocycles. The Hall–Kier alpha value is -5.60. The second-order valence-corrected chi connectivity index (χ2v) is 14.2. The summed E-state index contributed by atoms with van der Waals surface area (Å²) in [5.41, 5.74) is 15.7. The van der Waals surface area contributed by atoms with Crippen molar-refractivity contribution in [3.63, 3.8) is 0 Å². The smallest absolute Gasteiger partial charge is 0.266 e. The van der Waals surface area contributed by atoms with Crippen LogP contribution in [0.25, 0.3) is 10.4 Å². The molecule has 15 heteroatoms. The fourth-order valence-corrected chi connectivity index (χ4v) is 7.31. The Balaban J connectivity index is 1.51. The molecule has 0 aliphatic carbocycles. The Morgan fingerprint density at radius 3 is 2.45 bits per heavy atom. The normalized spacial score (nSPS) is 16.5. The summed E-state index contributed by atoms with van der Waals surface area (Å²) < 4.78 is 50.3. The summed E-state index contributed by atoms with van der Waals surface area (Å²) in [6.07, 6.45) is -0.381. The number of sulfone groups is 1. The summed E-state index contributed by atoms with van der Waals surface area (Å²) in [6.45, 7) is 0.605. The zero-order valence-electron chi connectivity index (χ0n) is 29.5. The van der Waals surface area contributed by atoms with Crippen LogP contribution in [0.5, 0.6) is 17.2 Å². The lowest BCUT2D eigenvalue weighted by Crippen LogP contribution is -2.53. The Labute approximate surface area is 308 Å². The van der Waals surface area contributed by atoms with Gasteiger partial charge in [0.25, 0.3) is 5.91 Å². The van der Waals surface area contributed by atoms with Gasteiger partial charge in [-0.05, 0) is 77.2 Å². The first-order valence-electron chi connectivity index (χ1n) is 17.0. The van der Waals surface area contributed by atoms with Gasteiger partial charge in [-0.25, -0.2) is 18.8 Å². The molecule has 1 heterocycles. The molecule has 5 rings (SSSR count). The van der Waals surface area contributed by atoms with Crippen molar-refractivity contribution in [1.82, 2.24) is 10.9 Å². The van der Waals surface area contributed by atoms with Crippen molar-refractivity contribution in [3.05, 3.63) is 130 Å². The molecule has 278 valence electrons. The van der Waals surface area contributed by atoms with E-state index < -0.39 is 33.1 Å². The molecule has 0 fully saturated rings. The van der Waals surface area contributed by atoms with Gasteiger partial charge in [-0.15, -0.1) is 0 Å². The molecule has 1 amide bonds. The fourth-order valence-electron chi connectivity index (χ4n) is 5.92. The number of aliphatic hydroxyl groups is 1. The van der Waals surface area contributed by atoms with Gasteiger partial charge in [0, 0.05) is 36.5 Å². The first-order valence-corrected chi connectivity index (χ1v) is 18.6. The molecule has 0 bridgehead atoms. The number of rotatable bonds is 19. The van der Waals surface area contributed by atoms with Gasteiger partial charge in [0.1, 0.15) is 5.75 Å². The van der Waals surface area contributed by atoms with Gasteiger partial charge in [0.2, 0.25) is 5.90 Å². The number of hydrogen-bond acceptors (Lipinski definition) is 11. The third kappa shape index (κ3) is 9.45. The van der Waals surface area contributed by atoms with Crippen LogP contribution < -0.4 is 25.1 Å².